The highest BCUT2D eigenvalue weighted by Gasteiger charge is 2.17. The first kappa shape index (κ1) is 19.1. The number of aryl methyl sites for hydroxylation is 1. The van der Waals surface area contributed by atoms with Crippen LogP contribution in [-0.2, 0) is 9.53 Å². The lowest BCUT2D eigenvalue weighted by atomic mass is 10.2. The van der Waals surface area contributed by atoms with Crippen LogP contribution in [0, 0.1) is 18.3 Å². The highest BCUT2D eigenvalue weighted by atomic mass is 35.5. The SMILES string of the molecule is COC(=O)/C(C#N)=C/c1c(Oc2ccc(Cl)c(C)c2)nc2ccccn2c1=O. The number of nitriles is 1. The van der Waals surface area contributed by atoms with Gasteiger partial charge in [0.05, 0.1) is 7.11 Å². The number of nitrogens with zero attached hydrogens (tertiary/aromatic N) is 3. The number of carbonyl (C=O) groups is 1. The van der Waals surface area contributed by atoms with Gasteiger partial charge in [0, 0.05) is 11.2 Å². The van der Waals surface area contributed by atoms with Crippen molar-refractivity contribution in [3.05, 3.63) is 74.7 Å². The number of ether oxygens (including phenoxy) is 2. The monoisotopic (exact) mass is 395 g/mol. The number of pyridine rings is 1. The van der Waals surface area contributed by atoms with Gasteiger partial charge in [0.25, 0.3) is 5.56 Å². The predicted octanol–water partition coefficient (Wildman–Crippen LogP) is 3.53. The quantitative estimate of drug-likeness (QED) is 0.381. The summed E-state index contributed by atoms with van der Waals surface area (Å²) >= 11 is 6.04. The number of methoxy groups -OCH3 is 1. The highest BCUT2D eigenvalue weighted by molar-refractivity contribution is 6.31. The fraction of sp³-hybridized carbons (Fsp3) is 0.100. The van der Waals surface area contributed by atoms with Crippen LogP contribution >= 0.6 is 11.6 Å². The van der Waals surface area contributed by atoms with Gasteiger partial charge in [-0.15, -0.1) is 0 Å². The zero-order valence-electron chi connectivity index (χ0n) is 15.0. The summed E-state index contributed by atoms with van der Waals surface area (Å²) in [6, 6.07) is 11.7. The Morgan fingerprint density at radius 2 is 2.11 bits per heavy atom. The van der Waals surface area contributed by atoms with Gasteiger partial charge in [0.1, 0.15) is 28.6 Å². The second-order valence-corrected chi connectivity index (χ2v) is 6.15. The molecule has 0 aliphatic carbocycles. The van der Waals surface area contributed by atoms with Crippen molar-refractivity contribution in [1.82, 2.24) is 9.38 Å². The molecule has 2 heterocycles. The van der Waals surface area contributed by atoms with Crippen LogP contribution in [0.5, 0.6) is 11.6 Å². The van der Waals surface area contributed by atoms with E-state index in [1.807, 2.05) is 6.92 Å². The first-order valence-electron chi connectivity index (χ1n) is 8.10. The maximum Gasteiger partial charge on any atom is 0.348 e. The van der Waals surface area contributed by atoms with Crippen LogP contribution in [0.1, 0.15) is 11.1 Å². The number of benzene rings is 1. The number of hydrogen-bond acceptors (Lipinski definition) is 6. The Hall–Kier alpha value is -3.63. The number of rotatable bonds is 4. The lowest BCUT2D eigenvalue weighted by molar-refractivity contribution is -0.135. The molecule has 140 valence electrons. The molecule has 0 unspecified atom stereocenters. The average Bonchev–Trinajstić information content (AvgIpc) is 2.70. The Balaban J connectivity index is 2.23. The lowest BCUT2D eigenvalue weighted by Gasteiger charge is -2.11. The molecule has 3 rings (SSSR count). The molecule has 0 radical (unpaired) electrons. The second kappa shape index (κ2) is 7.94. The third-order valence-electron chi connectivity index (χ3n) is 3.89. The Bertz CT molecular complexity index is 1210. The number of hydrogen-bond donors (Lipinski definition) is 0. The first-order valence-corrected chi connectivity index (χ1v) is 8.48. The fourth-order valence-corrected chi connectivity index (χ4v) is 2.58. The molecular formula is C20H14ClN3O4. The van der Waals surface area contributed by atoms with Crippen LogP contribution in [0.4, 0.5) is 0 Å². The van der Waals surface area contributed by atoms with E-state index in [1.54, 1.807) is 42.5 Å². The number of fused-ring (bicyclic) bond motifs is 1. The van der Waals surface area contributed by atoms with Crippen molar-refractivity contribution in [1.29, 1.82) is 5.26 Å². The van der Waals surface area contributed by atoms with Gasteiger partial charge in [0.2, 0.25) is 5.88 Å². The molecule has 2 aromatic heterocycles. The smallest absolute Gasteiger partial charge is 0.348 e. The first-order chi connectivity index (χ1) is 13.4. The molecule has 7 nitrogen and oxygen atoms in total. The van der Waals surface area contributed by atoms with Gasteiger partial charge in [0.15, 0.2) is 0 Å². The van der Waals surface area contributed by atoms with Gasteiger partial charge in [-0.05, 0) is 48.9 Å². The third-order valence-corrected chi connectivity index (χ3v) is 4.32. The van der Waals surface area contributed by atoms with Crippen LogP contribution in [0.2, 0.25) is 5.02 Å². The van der Waals surface area contributed by atoms with E-state index in [-0.39, 0.29) is 17.0 Å². The van der Waals surface area contributed by atoms with Gasteiger partial charge in [-0.2, -0.15) is 10.2 Å². The van der Waals surface area contributed by atoms with E-state index in [9.17, 15) is 14.9 Å². The Morgan fingerprint density at radius 1 is 1.32 bits per heavy atom. The molecule has 8 heteroatoms. The van der Waals surface area contributed by atoms with E-state index in [1.165, 1.54) is 10.6 Å². The molecule has 0 N–H and O–H groups in total. The summed E-state index contributed by atoms with van der Waals surface area (Å²) in [6.45, 7) is 1.81. The zero-order chi connectivity index (χ0) is 20.3. The summed E-state index contributed by atoms with van der Waals surface area (Å²) in [7, 11) is 1.15. The van der Waals surface area contributed by atoms with E-state index >= 15 is 0 Å². The van der Waals surface area contributed by atoms with E-state index in [0.29, 0.717) is 16.4 Å². The van der Waals surface area contributed by atoms with Crippen molar-refractivity contribution in [2.24, 2.45) is 0 Å². The number of carbonyl (C=O) groups excluding carboxylic acids is 1. The predicted molar refractivity (Wildman–Crippen MR) is 103 cm³/mol. The van der Waals surface area contributed by atoms with Gasteiger partial charge >= 0.3 is 5.97 Å². The minimum Gasteiger partial charge on any atom is -0.465 e. The zero-order valence-corrected chi connectivity index (χ0v) is 15.7. The van der Waals surface area contributed by atoms with Crippen molar-refractivity contribution >= 4 is 29.3 Å². The largest absolute Gasteiger partial charge is 0.465 e. The third kappa shape index (κ3) is 3.72. The van der Waals surface area contributed by atoms with Crippen molar-refractivity contribution in [3.8, 4) is 17.7 Å². The van der Waals surface area contributed by atoms with Crippen molar-refractivity contribution in [2.75, 3.05) is 7.11 Å². The summed E-state index contributed by atoms with van der Waals surface area (Å²) in [4.78, 5) is 29.1. The molecule has 3 aromatic rings. The standard InChI is InChI=1S/C20H14ClN3O4/c1-12-9-14(6-7-16(12)21)28-18-15(10-13(11-22)20(26)27-2)19(25)24-8-4-3-5-17(24)23-18/h3-10H,1-2H3/b13-10+. The number of halogens is 1. The molecule has 0 bridgehead atoms. The van der Waals surface area contributed by atoms with E-state index in [4.69, 9.17) is 16.3 Å². The van der Waals surface area contributed by atoms with Crippen LogP contribution in [0.3, 0.4) is 0 Å². The summed E-state index contributed by atoms with van der Waals surface area (Å²) in [5.74, 6) is -0.511. The summed E-state index contributed by atoms with van der Waals surface area (Å²) < 4.78 is 11.7. The van der Waals surface area contributed by atoms with Crippen LogP contribution in [-0.4, -0.2) is 22.5 Å². The van der Waals surface area contributed by atoms with Crippen LogP contribution in [0.25, 0.3) is 11.7 Å². The molecule has 0 spiro atoms. The highest BCUT2D eigenvalue weighted by Crippen LogP contribution is 2.27. The Labute approximate surface area is 165 Å². The Kier molecular flexibility index (Phi) is 5.43. The lowest BCUT2D eigenvalue weighted by Crippen LogP contribution is -2.19. The summed E-state index contributed by atoms with van der Waals surface area (Å²) in [6.07, 6.45) is 2.64. The molecule has 0 fully saturated rings. The maximum atomic E-state index is 12.9. The molecule has 0 saturated carbocycles. The van der Waals surface area contributed by atoms with Gasteiger partial charge in [-0.3, -0.25) is 9.20 Å². The van der Waals surface area contributed by atoms with E-state index in [2.05, 4.69) is 9.72 Å². The van der Waals surface area contributed by atoms with Gasteiger partial charge in [-0.1, -0.05) is 17.7 Å². The summed E-state index contributed by atoms with van der Waals surface area (Å²) in [5.41, 5.74) is 0.221. The molecule has 0 saturated heterocycles. The van der Waals surface area contributed by atoms with Crippen molar-refractivity contribution in [3.63, 3.8) is 0 Å². The number of aromatic nitrogens is 2. The molecule has 0 aliphatic rings. The normalized spacial score (nSPS) is 11.1. The molecular weight excluding hydrogens is 382 g/mol. The molecule has 0 atom stereocenters. The average molecular weight is 396 g/mol. The van der Waals surface area contributed by atoms with Gasteiger partial charge in [-0.25, -0.2) is 4.79 Å². The fourth-order valence-electron chi connectivity index (χ4n) is 2.47. The van der Waals surface area contributed by atoms with Crippen LogP contribution in [0.15, 0.2) is 53.0 Å². The molecule has 28 heavy (non-hydrogen) atoms. The van der Waals surface area contributed by atoms with Crippen molar-refractivity contribution < 1.29 is 14.3 Å². The second-order valence-electron chi connectivity index (χ2n) is 5.74. The minimum atomic E-state index is -0.867. The summed E-state index contributed by atoms with van der Waals surface area (Å²) in [5, 5.41) is 9.80. The number of esters is 1. The van der Waals surface area contributed by atoms with Crippen LogP contribution < -0.4 is 10.3 Å². The molecule has 0 amide bonds. The van der Waals surface area contributed by atoms with E-state index < -0.39 is 11.5 Å². The maximum absolute atomic E-state index is 12.9. The minimum absolute atomic E-state index is 0.0467. The van der Waals surface area contributed by atoms with Gasteiger partial charge < -0.3 is 9.47 Å². The topological polar surface area (TPSA) is 93.7 Å². The molecule has 1 aromatic carbocycles. The Morgan fingerprint density at radius 3 is 2.79 bits per heavy atom. The van der Waals surface area contributed by atoms with Crippen molar-refractivity contribution in [2.45, 2.75) is 6.92 Å². The molecule has 0 aliphatic heterocycles. The van der Waals surface area contributed by atoms with E-state index in [0.717, 1.165) is 18.7 Å².